The molecule has 18 heavy (non-hydrogen) atoms. The van der Waals surface area contributed by atoms with Crippen LogP contribution in [-0.4, -0.2) is 23.7 Å². The number of rotatable bonds is 5. The van der Waals surface area contributed by atoms with Crippen LogP contribution in [0.1, 0.15) is 32.8 Å². The molecule has 0 aliphatic rings. The van der Waals surface area contributed by atoms with Gasteiger partial charge in [-0.15, -0.1) is 0 Å². The largest absolute Gasteiger partial charge is 0.396 e. The molecule has 0 unspecified atom stereocenters. The molecule has 0 saturated carbocycles. The maximum atomic E-state index is 12.3. The van der Waals surface area contributed by atoms with Crippen molar-refractivity contribution in [3.05, 3.63) is 34.3 Å². The van der Waals surface area contributed by atoms with Crippen LogP contribution in [0.4, 0.5) is 0 Å². The molecular formula is C14H20BrNO2. The van der Waals surface area contributed by atoms with E-state index in [0.717, 1.165) is 10.0 Å². The van der Waals surface area contributed by atoms with Crippen LogP contribution < -0.4 is 5.32 Å². The van der Waals surface area contributed by atoms with Crippen LogP contribution >= 0.6 is 15.9 Å². The summed E-state index contributed by atoms with van der Waals surface area (Å²) in [7, 11) is 0. The molecule has 2 N–H and O–H groups in total. The quantitative estimate of drug-likeness (QED) is 0.878. The van der Waals surface area contributed by atoms with Gasteiger partial charge in [0.15, 0.2) is 0 Å². The van der Waals surface area contributed by atoms with E-state index in [-0.39, 0.29) is 18.6 Å². The van der Waals surface area contributed by atoms with Gasteiger partial charge in [-0.1, -0.05) is 28.1 Å². The highest BCUT2D eigenvalue weighted by Crippen LogP contribution is 2.26. The maximum Gasteiger partial charge on any atom is 0.230 e. The Balaban J connectivity index is 2.82. The Morgan fingerprint density at radius 1 is 1.50 bits per heavy atom. The van der Waals surface area contributed by atoms with Gasteiger partial charge in [-0.2, -0.15) is 0 Å². The molecule has 1 aromatic rings. The van der Waals surface area contributed by atoms with Crippen molar-refractivity contribution in [3.63, 3.8) is 0 Å². The lowest BCUT2D eigenvalue weighted by Crippen LogP contribution is -2.44. The number of amides is 1. The van der Waals surface area contributed by atoms with E-state index in [1.807, 2.05) is 45.0 Å². The Labute approximate surface area is 117 Å². The smallest absolute Gasteiger partial charge is 0.230 e. The number of nitrogens with one attached hydrogen (secondary N) is 1. The van der Waals surface area contributed by atoms with E-state index in [1.165, 1.54) is 0 Å². The molecule has 0 heterocycles. The number of benzene rings is 1. The number of hydrogen-bond donors (Lipinski definition) is 2. The van der Waals surface area contributed by atoms with Crippen LogP contribution in [-0.2, 0) is 10.2 Å². The summed E-state index contributed by atoms with van der Waals surface area (Å²) in [5.41, 5.74) is 0.374. The van der Waals surface area contributed by atoms with E-state index >= 15 is 0 Å². The van der Waals surface area contributed by atoms with Gasteiger partial charge in [-0.3, -0.25) is 4.79 Å². The van der Waals surface area contributed by atoms with Gasteiger partial charge in [0.1, 0.15) is 0 Å². The molecule has 100 valence electrons. The minimum Gasteiger partial charge on any atom is -0.396 e. The molecule has 1 aromatic carbocycles. The van der Waals surface area contributed by atoms with Gasteiger partial charge in [-0.05, 0) is 44.9 Å². The molecule has 0 aliphatic heterocycles. The zero-order valence-electron chi connectivity index (χ0n) is 11.0. The molecule has 4 heteroatoms. The third-order valence-electron chi connectivity index (χ3n) is 3.05. The predicted octanol–water partition coefficient (Wildman–Crippen LogP) is 2.61. The van der Waals surface area contributed by atoms with Crippen LogP contribution in [0.3, 0.4) is 0 Å². The van der Waals surface area contributed by atoms with Gasteiger partial charge in [0.05, 0.1) is 5.41 Å². The molecule has 0 spiro atoms. The third kappa shape index (κ3) is 3.82. The molecule has 3 nitrogen and oxygen atoms in total. The highest BCUT2D eigenvalue weighted by molar-refractivity contribution is 9.10. The van der Waals surface area contributed by atoms with E-state index in [9.17, 15) is 4.79 Å². The molecular weight excluding hydrogens is 294 g/mol. The highest BCUT2D eigenvalue weighted by Gasteiger charge is 2.30. The van der Waals surface area contributed by atoms with Gasteiger partial charge in [-0.25, -0.2) is 0 Å². The standard InChI is InChI=1S/C14H20BrNO2/c1-10(7-8-17)16-13(18)14(2,3)11-5-4-6-12(15)9-11/h4-6,9-10,17H,7-8H2,1-3H3,(H,16,18)/t10-/m1/s1. The maximum absolute atomic E-state index is 12.3. The summed E-state index contributed by atoms with van der Waals surface area (Å²) in [5, 5.41) is 11.8. The van der Waals surface area contributed by atoms with E-state index in [2.05, 4.69) is 21.2 Å². The van der Waals surface area contributed by atoms with Crippen molar-refractivity contribution >= 4 is 21.8 Å². The summed E-state index contributed by atoms with van der Waals surface area (Å²) in [6.07, 6.45) is 0.570. The van der Waals surface area contributed by atoms with E-state index in [0.29, 0.717) is 6.42 Å². The molecule has 0 radical (unpaired) electrons. The first-order chi connectivity index (χ1) is 8.37. The van der Waals surface area contributed by atoms with Crippen LogP contribution in [0.2, 0.25) is 0 Å². The van der Waals surface area contributed by atoms with Crippen molar-refractivity contribution in [2.45, 2.75) is 38.6 Å². The summed E-state index contributed by atoms with van der Waals surface area (Å²) in [6, 6.07) is 7.74. The minimum absolute atomic E-state index is 0.0195. The van der Waals surface area contributed by atoms with Crippen molar-refractivity contribution in [2.75, 3.05) is 6.61 Å². The van der Waals surface area contributed by atoms with Crippen LogP contribution in [0, 0.1) is 0 Å². The lowest BCUT2D eigenvalue weighted by atomic mass is 9.83. The first-order valence-electron chi connectivity index (χ1n) is 6.05. The lowest BCUT2D eigenvalue weighted by Gasteiger charge is -2.26. The molecule has 0 fully saturated rings. The minimum atomic E-state index is -0.590. The molecule has 0 saturated heterocycles. The molecule has 0 aliphatic carbocycles. The van der Waals surface area contributed by atoms with Gasteiger partial charge in [0, 0.05) is 17.1 Å². The summed E-state index contributed by atoms with van der Waals surface area (Å²) in [5.74, 6) is -0.0263. The van der Waals surface area contributed by atoms with Crippen molar-refractivity contribution in [2.24, 2.45) is 0 Å². The van der Waals surface area contributed by atoms with Crippen LogP contribution in [0.15, 0.2) is 28.7 Å². The lowest BCUT2D eigenvalue weighted by molar-refractivity contribution is -0.126. The Kier molecular flexibility index (Phi) is 5.35. The van der Waals surface area contributed by atoms with E-state index in [1.54, 1.807) is 0 Å². The second kappa shape index (κ2) is 6.34. The summed E-state index contributed by atoms with van der Waals surface area (Å²) in [4.78, 5) is 12.3. The number of hydrogen-bond acceptors (Lipinski definition) is 2. The van der Waals surface area contributed by atoms with Gasteiger partial charge >= 0.3 is 0 Å². The molecule has 1 amide bonds. The fourth-order valence-corrected chi connectivity index (χ4v) is 2.08. The van der Waals surface area contributed by atoms with Crippen molar-refractivity contribution in [1.29, 1.82) is 0 Å². The molecule has 0 aromatic heterocycles. The second-order valence-corrected chi connectivity index (χ2v) is 5.94. The second-order valence-electron chi connectivity index (χ2n) is 5.02. The average Bonchev–Trinajstić information content (AvgIpc) is 2.29. The average molecular weight is 314 g/mol. The Morgan fingerprint density at radius 3 is 2.72 bits per heavy atom. The topological polar surface area (TPSA) is 49.3 Å². The number of halogens is 1. The first kappa shape index (κ1) is 15.2. The number of aliphatic hydroxyl groups excluding tert-OH is 1. The monoisotopic (exact) mass is 313 g/mol. The molecule has 0 bridgehead atoms. The molecule has 1 rings (SSSR count). The van der Waals surface area contributed by atoms with Crippen LogP contribution in [0.25, 0.3) is 0 Å². The van der Waals surface area contributed by atoms with Crippen molar-refractivity contribution < 1.29 is 9.90 Å². The van der Waals surface area contributed by atoms with Crippen molar-refractivity contribution in [1.82, 2.24) is 5.32 Å². The summed E-state index contributed by atoms with van der Waals surface area (Å²) < 4.78 is 0.962. The van der Waals surface area contributed by atoms with Gasteiger partial charge in [0.25, 0.3) is 0 Å². The van der Waals surface area contributed by atoms with E-state index in [4.69, 9.17) is 5.11 Å². The van der Waals surface area contributed by atoms with Gasteiger partial charge < -0.3 is 10.4 Å². The summed E-state index contributed by atoms with van der Waals surface area (Å²) in [6.45, 7) is 5.77. The highest BCUT2D eigenvalue weighted by atomic mass is 79.9. The summed E-state index contributed by atoms with van der Waals surface area (Å²) >= 11 is 3.41. The van der Waals surface area contributed by atoms with Crippen LogP contribution in [0.5, 0.6) is 0 Å². The Bertz CT molecular complexity index is 418. The van der Waals surface area contributed by atoms with E-state index < -0.39 is 5.41 Å². The first-order valence-corrected chi connectivity index (χ1v) is 6.85. The van der Waals surface area contributed by atoms with Gasteiger partial charge in [0.2, 0.25) is 5.91 Å². The predicted molar refractivity (Wildman–Crippen MR) is 76.5 cm³/mol. The Morgan fingerprint density at radius 2 is 2.17 bits per heavy atom. The number of carbonyl (C=O) groups is 1. The van der Waals surface area contributed by atoms with Crippen molar-refractivity contribution in [3.8, 4) is 0 Å². The fourth-order valence-electron chi connectivity index (χ4n) is 1.68. The number of aliphatic hydroxyl groups is 1. The zero-order chi connectivity index (χ0) is 13.8. The molecule has 1 atom stereocenters. The normalized spacial score (nSPS) is 13.2. The Hall–Kier alpha value is -0.870. The number of carbonyl (C=O) groups excluding carboxylic acids is 1. The fraction of sp³-hybridized carbons (Fsp3) is 0.500. The zero-order valence-corrected chi connectivity index (χ0v) is 12.6. The third-order valence-corrected chi connectivity index (χ3v) is 3.55. The SMILES string of the molecule is C[C@H](CCO)NC(=O)C(C)(C)c1cccc(Br)c1.